The van der Waals surface area contributed by atoms with Gasteiger partial charge in [0.1, 0.15) is 0 Å². The van der Waals surface area contributed by atoms with Crippen molar-refractivity contribution in [3.63, 3.8) is 0 Å². The van der Waals surface area contributed by atoms with Gasteiger partial charge in [0.05, 0.1) is 0 Å². The molecule has 0 spiro atoms. The summed E-state index contributed by atoms with van der Waals surface area (Å²) in [5.74, 6) is 0. The van der Waals surface area contributed by atoms with Gasteiger partial charge in [-0.3, -0.25) is 9.79 Å². The van der Waals surface area contributed by atoms with Crippen LogP contribution in [0.15, 0.2) is 16.8 Å². The number of nitrogens with zero attached hydrogens (tertiary/aromatic N) is 1. The normalized spacial score (nSPS) is 10.6. The van der Waals surface area contributed by atoms with Gasteiger partial charge in [-0.25, -0.2) is 0 Å². The number of aldehydes is 1. The van der Waals surface area contributed by atoms with E-state index in [4.69, 9.17) is 5.73 Å². The first kappa shape index (κ1) is 12.5. The van der Waals surface area contributed by atoms with Crippen molar-refractivity contribution < 1.29 is 4.79 Å². The van der Waals surface area contributed by atoms with E-state index in [1.807, 2.05) is 20.8 Å². The molecule has 0 aliphatic carbocycles. The van der Waals surface area contributed by atoms with Crippen LogP contribution in [0.1, 0.15) is 20.8 Å². The van der Waals surface area contributed by atoms with Crippen LogP contribution in [-0.4, -0.2) is 19.0 Å². The fraction of sp³-hybridized carbons (Fsp3) is 0.500. The Bertz CT molecular complexity index is 139. The minimum absolute atomic E-state index is 0.414. The quantitative estimate of drug-likeness (QED) is 0.378. The number of aliphatic imine (C=N–C) groups is 1. The van der Waals surface area contributed by atoms with E-state index < -0.39 is 0 Å². The van der Waals surface area contributed by atoms with Gasteiger partial charge in [-0.15, -0.1) is 0 Å². The summed E-state index contributed by atoms with van der Waals surface area (Å²) >= 11 is 0. The van der Waals surface area contributed by atoms with Crippen molar-refractivity contribution >= 4 is 12.5 Å². The summed E-state index contributed by atoms with van der Waals surface area (Å²) in [6, 6.07) is 0. The number of rotatable bonds is 3. The minimum Gasteiger partial charge on any atom is -0.404 e. The van der Waals surface area contributed by atoms with Gasteiger partial charge in [0.25, 0.3) is 0 Å². The zero-order chi connectivity index (χ0) is 9.11. The molecule has 0 amide bonds. The maximum atomic E-state index is 10.0. The van der Waals surface area contributed by atoms with Crippen molar-refractivity contribution in [3.05, 3.63) is 11.8 Å². The lowest BCUT2D eigenvalue weighted by atomic mass is 10.3. The van der Waals surface area contributed by atoms with Gasteiger partial charge in [-0.2, -0.15) is 0 Å². The molecule has 0 aromatic heterocycles. The highest BCUT2D eigenvalue weighted by Crippen LogP contribution is 1.78. The second-order valence-electron chi connectivity index (χ2n) is 1.41. The van der Waals surface area contributed by atoms with Gasteiger partial charge in [-0.1, -0.05) is 13.8 Å². The van der Waals surface area contributed by atoms with E-state index >= 15 is 0 Å². The van der Waals surface area contributed by atoms with E-state index in [-0.39, 0.29) is 0 Å². The molecule has 3 heteroatoms. The Morgan fingerprint density at radius 3 is 2.36 bits per heavy atom. The molecule has 0 saturated heterocycles. The molecule has 0 rings (SSSR count). The number of carbonyl (C=O) groups excluding carboxylic acids is 1. The van der Waals surface area contributed by atoms with Crippen molar-refractivity contribution in [2.75, 3.05) is 6.54 Å². The molecule has 0 fully saturated rings. The predicted molar refractivity (Wildman–Crippen MR) is 48.7 cm³/mol. The Morgan fingerprint density at radius 1 is 1.55 bits per heavy atom. The molecule has 0 bridgehead atoms. The van der Waals surface area contributed by atoms with Crippen LogP contribution in [0.5, 0.6) is 0 Å². The summed E-state index contributed by atoms with van der Waals surface area (Å²) in [5, 5.41) is 0. The van der Waals surface area contributed by atoms with Gasteiger partial charge in [0, 0.05) is 24.5 Å². The topological polar surface area (TPSA) is 55.5 Å². The summed E-state index contributed by atoms with van der Waals surface area (Å²) in [6.45, 7) is 6.56. The van der Waals surface area contributed by atoms with E-state index in [9.17, 15) is 4.79 Å². The fourth-order valence-corrected chi connectivity index (χ4v) is 0.309. The van der Waals surface area contributed by atoms with Crippen LogP contribution in [0.3, 0.4) is 0 Å². The third kappa shape index (κ3) is 8.88. The van der Waals surface area contributed by atoms with Crippen LogP contribution >= 0.6 is 0 Å². The SMILES string of the molecule is CC.CCN=C/C(C=O)=C\N. The second kappa shape index (κ2) is 11.6. The summed E-state index contributed by atoms with van der Waals surface area (Å²) in [4.78, 5) is 13.8. The van der Waals surface area contributed by atoms with Gasteiger partial charge in [0.15, 0.2) is 6.29 Å². The zero-order valence-corrected chi connectivity index (χ0v) is 7.37. The lowest BCUT2D eigenvalue weighted by Crippen LogP contribution is -1.91. The maximum absolute atomic E-state index is 10.0. The lowest BCUT2D eigenvalue weighted by molar-refractivity contribution is -0.104. The van der Waals surface area contributed by atoms with E-state index in [0.29, 0.717) is 18.4 Å². The second-order valence-corrected chi connectivity index (χ2v) is 1.41. The van der Waals surface area contributed by atoms with Crippen molar-refractivity contribution in [1.82, 2.24) is 0 Å². The van der Waals surface area contributed by atoms with Gasteiger partial charge >= 0.3 is 0 Å². The highest BCUT2D eigenvalue weighted by atomic mass is 16.1. The Labute approximate surface area is 68.0 Å². The third-order valence-corrected chi connectivity index (χ3v) is 0.751. The van der Waals surface area contributed by atoms with Crippen LogP contribution in [0, 0.1) is 0 Å². The van der Waals surface area contributed by atoms with Gasteiger partial charge in [0.2, 0.25) is 0 Å². The molecule has 0 aromatic rings. The lowest BCUT2D eigenvalue weighted by Gasteiger charge is -1.83. The van der Waals surface area contributed by atoms with Crippen molar-refractivity contribution in [1.29, 1.82) is 0 Å². The summed E-state index contributed by atoms with van der Waals surface area (Å²) in [6.07, 6.45) is 3.35. The minimum atomic E-state index is 0.414. The van der Waals surface area contributed by atoms with Crippen LogP contribution in [0.25, 0.3) is 0 Å². The maximum Gasteiger partial charge on any atom is 0.153 e. The molecule has 0 aromatic carbocycles. The van der Waals surface area contributed by atoms with Gasteiger partial charge < -0.3 is 5.73 Å². The molecule has 0 aliphatic heterocycles. The zero-order valence-electron chi connectivity index (χ0n) is 7.37. The fourth-order valence-electron chi connectivity index (χ4n) is 0.309. The molecule has 0 heterocycles. The van der Waals surface area contributed by atoms with Crippen LogP contribution < -0.4 is 5.73 Å². The molecule has 0 radical (unpaired) electrons. The van der Waals surface area contributed by atoms with Crippen LogP contribution in [0.4, 0.5) is 0 Å². The molecule has 0 atom stereocenters. The standard InChI is InChI=1S/C6H10N2O.C2H6/c1-2-8-4-6(3-7)5-9;1-2/h3-5H,2,7H2,1H3;1-2H3/b6-3+,8-4?;. The Hall–Kier alpha value is -1.12. The van der Waals surface area contributed by atoms with Crippen LogP contribution in [0.2, 0.25) is 0 Å². The van der Waals surface area contributed by atoms with E-state index in [1.54, 1.807) is 0 Å². The predicted octanol–water partition coefficient (Wildman–Crippen LogP) is 1.14. The third-order valence-electron chi connectivity index (χ3n) is 0.751. The number of allylic oxidation sites excluding steroid dienone is 1. The highest BCUT2D eigenvalue weighted by molar-refractivity contribution is 6.01. The first-order chi connectivity index (χ1) is 5.35. The average Bonchev–Trinajstić information content (AvgIpc) is 2.10. The van der Waals surface area contributed by atoms with Gasteiger partial charge in [-0.05, 0) is 6.92 Å². The monoisotopic (exact) mass is 156 g/mol. The van der Waals surface area contributed by atoms with E-state index in [2.05, 4.69) is 4.99 Å². The smallest absolute Gasteiger partial charge is 0.153 e. The summed E-state index contributed by atoms with van der Waals surface area (Å²) < 4.78 is 0. The first-order valence-electron chi connectivity index (χ1n) is 3.72. The largest absolute Gasteiger partial charge is 0.404 e. The Morgan fingerprint density at radius 2 is 2.09 bits per heavy atom. The van der Waals surface area contributed by atoms with E-state index in [1.165, 1.54) is 12.4 Å². The molecule has 64 valence electrons. The summed E-state index contributed by atoms with van der Waals surface area (Å²) in [7, 11) is 0. The first-order valence-corrected chi connectivity index (χ1v) is 3.72. The molecule has 0 unspecified atom stereocenters. The number of carbonyl (C=O) groups is 1. The molecule has 0 saturated carbocycles. The number of hydrogen-bond acceptors (Lipinski definition) is 3. The molecule has 11 heavy (non-hydrogen) atoms. The Kier molecular flexibility index (Phi) is 13.3. The number of hydrogen-bond donors (Lipinski definition) is 1. The van der Waals surface area contributed by atoms with E-state index in [0.717, 1.165) is 0 Å². The van der Waals surface area contributed by atoms with Crippen LogP contribution in [-0.2, 0) is 4.79 Å². The number of nitrogens with two attached hydrogens (primary N) is 1. The molecule has 2 N–H and O–H groups in total. The van der Waals surface area contributed by atoms with Crippen molar-refractivity contribution in [2.24, 2.45) is 10.7 Å². The molecule has 0 aliphatic rings. The molecular formula is C8H16N2O. The molecular weight excluding hydrogens is 140 g/mol. The van der Waals surface area contributed by atoms with Crippen molar-refractivity contribution in [3.8, 4) is 0 Å². The average molecular weight is 156 g/mol. The Balaban J connectivity index is 0. The molecule has 3 nitrogen and oxygen atoms in total. The highest BCUT2D eigenvalue weighted by Gasteiger charge is 1.83. The van der Waals surface area contributed by atoms with Crippen molar-refractivity contribution in [2.45, 2.75) is 20.8 Å². The summed E-state index contributed by atoms with van der Waals surface area (Å²) in [5.41, 5.74) is 5.45.